The van der Waals surface area contributed by atoms with Crippen LogP contribution < -0.4 is 11.3 Å². The molecule has 6 nitrogen and oxygen atoms in total. The average Bonchev–Trinajstić information content (AvgIpc) is 2.85. The van der Waals surface area contributed by atoms with Gasteiger partial charge in [0.1, 0.15) is 0 Å². The second-order valence-electron chi connectivity index (χ2n) is 5.97. The van der Waals surface area contributed by atoms with Crippen molar-refractivity contribution in [3.8, 4) is 0 Å². The van der Waals surface area contributed by atoms with Gasteiger partial charge in [-0.1, -0.05) is 0 Å². The highest BCUT2D eigenvalue weighted by molar-refractivity contribution is 5.12. The highest BCUT2D eigenvalue weighted by Crippen LogP contribution is 2.20. The molecule has 0 saturated carbocycles. The fourth-order valence-electron chi connectivity index (χ4n) is 3.61. The molecular weight excluding hydrogens is 252 g/mol. The van der Waals surface area contributed by atoms with Crippen molar-refractivity contribution in [2.24, 2.45) is 5.84 Å². The molecule has 2 bridgehead atoms. The normalized spacial score (nSPS) is 30.6. The summed E-state index contributed by atoms with van der Waals surface area (Å²) in [7, 11) is 0. The predicted molar refractivity (Wildman–Crippen MR) is 79.3 cm³/mol. The Morgan fingerprint density at radius 1 is 1.40 bits per heavy atom. The van der Waals surface area contributed by atoms with Crippen molar-refractivity contribution in [2.75, 3.05) is 32.7 Å². The van der Waals surface area contributed by atoms with Gasteiger partial charge >= 0.3 is 0 Å². The molecule has 0 radical (unpaired) electrons. The first-order valence-corrected chi connectivity index (χ1v) is 7.67. The van der Waals surface area contributed by atoms with Gasteiger partial charge in [-0.05, 0) is 19.9 Å². The Morgan fingerprint density at radius 3 is 2.70 bits per heavy atom. The second-order valence-corrected chi connectivity index (χ2v) is 5.97. The number of hydrogen-bond donors (Lipinski definition) is 2. The molecule has 3 fully saturated rings. The zero-order chi connectivity index (χ0) is 14.1. The van der Waals surface area contributed by atoms with Gasteiger partial charge in [0.15, 0.2) is 0 Å². The first kappa shape index (κ1) is 14.0. The molecule has 4 rings (SSSR count). The van der Waals surface area contributed by atoms with Crippen LogP contribution in [0.1, 0.15) is 18.3 Å². The summed E-state index contributed by atoms with van der Waals surface area (Å²) in [6.45, 7) is 11.0. The van der Waals surface area contributed by atoms with Gasteiger partial charge in [-0.25, -0.2) is 0 Å². The Morgan fingerprint density at radius 2 is 2.15 bits per heavy atom. The first-order valence-electron chi connectivity index (χ1n) is 7.67. The Kier molecular flexibility index (Phi) is 4.07. The van der Waals surface area contributed by atoms with Crippen LogP contribution in [0, 0.1) is 6.92 Å². The molecule has 1 aromatic rings. The smallest absolute Gasteiger partial charge is 0.0596 e. The second kappa shape index (κ2) is 5.81. The van der Waals surface area contributed by atoms with E-state index in [1.807, 2.05) is 0 Å². The van der Waals surface area contributed by atoms with Crippen LogP contribution in [0.4, 0.5) is 0 Å². The van der Waals surface area contributed by atoms with Gasteiger partial charge in [0, 0.05) is 63.5 Å². The van der Waals surface area contributed by atoms with Crippen LogP contribution in [0.5, 0.6) is 0 Å². The highest BCUT2D eigenvalue weighted by Gasteiger charge is 2.36. The summed E-state index contributed by atoms with van der Waals surface area (Å²) >= 11 is 0. The zero-order valence-corrected chi connectivity index (χ0v) is 12.5. The number of aryl methyl sites for hydroxylation is 2. The lowest BCUT2D eigenvalue weighted by molar-refractivity contribution is -0.00341. The minimum atomic E-state index is 0.291. The van der Waals surface area contributed by atoms with Crippen molar-refractivity contribution < 1.29 is 0 Å². The summed E-state index contributed by atoms with van der Waals surface area (Å²) in [4.78, 5) is 5.14. The van der Waals surface area contributed by atoms with E-state index >= 15 is 0 Å². The van der Waals surface area contributed by atoms with E-state index in [-0.39, 0.29) is 0 Å². The van der Waals surface area contributed by atoms with Crippen LogP contribution in [0.15, 0.2) is 6.07 Å². The van der Waals surface area contributed by atoms with E-state index in [0.29, 0.717) is 12.1 Å². The lowest BCUT2D eigenvalue weighted by atomic mass is 9.96. The maximum atomic E-state index is 5.86. The maximum absolute atomic E-state index is 5.86. The summed E-state index contributed by atoms with van der Waals surface area (Å²) in [6.07, 6.45) is 0.945. The molecule has 4 heterocycles. The largest absolute Gasteiger partial charge is 0.299 e. The first-order chi connectivity index (χ1) is 9.71. The van der Waals surface area contributed by atoms with Crippen molar-refractivity contribution in [3.63, 3.8) is 0 Å². The van der Waals surface area contributed by atoms with E-state index in [9.17, 15) is 0 Å². The number of nitrogens with one attached hydrogen (secondary N) is 1. The quantitative estimate of drug-likeness (QED) is 0.566. The van der Waals surface area contributed by atoms with Crippen molar-refractivity contribution in [3.05, 3.63) is 17.5 Å². The summed E-state index contributed by atoms with van der Waals surface area (Å²) in [5, 5.41) is 4.53. The third-order valence-electron chi connectivity index (χ3n) is 4.71. The third-order valence-corrected chi connectivity index (χ3v) is 4.71. The van der Waals surface area contributed by atoms with E-state index < -0.39 is 0 Å². The Hall–Kier alpha value is -0.950. The predicted octanol–water partition coefficient (Wildman–Crippen LogP) is -0.414. The number of rotatable bonds is 5. The van der Waals surface area contributed by atoms with Gasteiger partial charge in [-0.15, -0.1) is 0 Å². The molecule has 3 aliphatic rings. The van der Waals surface area contributed by atoms with E-state index in [2.05, 4.69) is 44.9 Å². The molecule has 2 atom stereocenters. The SMILES string of the molecule is CCn1nc(C)cc1CC(NN)C1CN2CCN1CC2. The lowest BCUT2D eigenvalue weighted by Crippen LogP contribution is -2.67. The summed E-state index contributed by atoms with van der Waals surface area (Å²) < 4.78 is 2.09. The monoisotopic (exact) mass is 278 g/mol. The van der Waals surface area contributed by atoms with E-state index in [1.165, 1.54) is 31.9 Å². The average molecular weight is 278 g/mol. The maximum Gasteiger partial charge on any atom is 0.0596 e. The third kappa shape index (κ3) is 2.61. The fraction of sp³-hybridized carbons (Fsp3) is 0.786. The molecule has 0 aliphatic carbocycles. The number of nitrogens with zero attached hydrogens (tertiary/aromatic N) is 4. The molecule has 3 aliphatic heterocycles. The molecule has 3 saturated heterocycles. The van der Waals surface area contributed by atoms with Crippen molar-refractivity contribution in [1.82, 2.24) is 25.0 Å². The van der Waals surface area contributed by atoms with Crippen LogP contribution in [-0.4, -0.2) is 64.4 Å². The Labute approximate surface area is 120 Å². The molecule has 1 aromatic heterocycles. The fourth-order valence-corrected chi connectivity index (χ4v) is 3.61. The van der Waals surface area contributed by atoms with Crippen molar-refractivity contribution in [1.29, 1.82) is 0 Å². The molecule has 0 spiro atoms. The van der Waals surface area contributed by atoms with E-state index in [4.69, 9.17) is 5.84 Å². The summed E-state index contributed by atoms with van der Waals surface area (Å²) in [6, 6.07) is 2.99. The van der Waals surface area contributed by atoms with Gasteiger partial charge in [0.05, 0.1) is 5.69 Å². The molecule has 0 amide bonds. The number of aromatic nitrogens is 2. The molecule has 112 valence electrons. The number of nitrogens with two attached hydrogens (primary N) is 1. The number of piperazine rings is 3. The van der Waals surface area contributed by atoms with Gasteiger partial charge in [0.25, 0.3) is 0 Å². The minimum Gasteiger partial charge on any atom is -0.299 e. The number of hydrazine groups is 1. The van der Waals surface area contributed by atoms with Crippen LogP contribution in [-0.2, 0) is 13.0 Å². The molecule has 20 heavy (non-hydrogen) atoms. The van der Waals surface area contributed by atoms with Gasteiger partial charge in [-0.2, -0.15) is 5.10 Å². The molecule has 3 N–H and O–H groups in total. The van der Waals surface area contributed by atoms with Crippen LogP contribution in [0.3, 0.4) is 0 Å². The van der Waals surface area contributed by atoms with E-state index in [0.717, 1.165) is 25.2 Å². The van der Waals surface area contributed by atoms with E-state index in [1.54, 1.807) is 0 Å². The Bertz CT molecular complexity index is 449. The van der Waals surface area contributed by atoms with Gasteiger partial charge in [0.2, 0.25) is 0 Å². The number of fused-ring (bicyclic) bond motifs is 3. The van der Waals surface area contributed by atoms with Crippen LogP contribution in [0.25, 0.3) is 0 Å². The van der Waals surface area contributed by atoms with Gasteiger partial charge < -0.3 is 0 Å². The number of hydrogen-bond acceptors (Lipinski definition) is 5. The van der Waals surface area contributed by atoms with Crippen LogP contribution >= 0.6 is 0 Å². The molecule has 0 aromatic carbocycles. The topological polar surface area (TPSA) is 62.4 Å². The van der Waals surface area contributed by atoms with Crippen molar-refractivity contribution in [2.45, 2.75) is 38.9 Å². The standard InChI is InChI=1S/C14H26N6/c1-3-20-12(8-11(2)17-20)9-13(16-15)14-10-18-4-6-19(14)7-5-18/h8,13-14,16H,3-7,9-10,15H2,1-2H3. The van der Waals surface area contributed by atoms with Gasteiger partial charge in [-0.3, -0.25) is 25.8 Å². The van der Waals surface area contributed by atoms with Crippen molar-refractivity contribution >= 4 is 0 Å². The summed E-state index contributed by atoms with van der Waals surface area (Å²) in [5.74, 6) is 5.86. The highest BCUT2D eigenvalue weighted by atomic mass is 15.4. The molecule has 2 unspecified atom stereocenters. The van der Waals surface area contributed by atoms with Crippen LogP contribution in [0.2, 0.25) is 0 Å². The molecule has 6 heteroatoms. The summed E-state index contributed by atoms with van der Waals surface area (Å²) in [5.41, 5.74) is 5.43. The minimum absolute atomic E-state index is 0.291. The molecular formula is C14H26N6. The zero-order valence-electron chi connectivity index (χ0n) is 12.5. The Balaban J connectivity index is 1.73. The lowest BCUT2D eigenvalue weighted by Gasteiger charge is -2.50.